The smallest absolute Gasteiger partial charge is 0.342 e. The maximum atomic E-state index is 12.8. The number of carbonyl (C=O) groups is 2. The van der Waals surface area contributed by atoms with Gasteiger partial charge in [-0.15, -0.1) is 0 Å². The highest BCUT2D eigenvalue weighted by molar-refractivity contribution is 6.00. The fraction of sp³-hybridized carbons (Fsp3) is 0.129. The second kappa shape index (κ2) is 10.2. The summed E-state index contributed by atoms with van der Waals surface area (Å²) in [5.41, 5.74) is 5.87. The molecule has 5 rings (SSSR count). The first-order valence-corrected chi connectivity index (χ1v) is 12.2. The first-order valence-electron chi connectivity index (χ1n) is 12.2. The molecule has 1 heterocycles. The Balaban J connectivity index is 1.38. The van der Waals surface area contributed by atoms with Gasteiger partial charge in [0.25, 0.3) is 5.91 Å². The summed E-state index contributed by atoms with van der Waals surface area (Å²) >= 11 is 0. The highest BCUT2D eigenvalue weighted by Gasteiger charge is 2.19. The zero-order valence-electron chi connectivity index (χ0n) is 21.4. The molecule has 1 aromatic heterocycles. The number of nitrogens with zero attached hydrogens (tertiary/aromatic N) is 2. The van der Waals surface area contributed by atoms with Crippen LogP contribution in [0.2, 0.25) is 0 Å². The molecular formula is C31H27N3O4. The molecule has 0 atom stereocenters. The van der Waals surface area contributed by atoms with Gasteiger partial charge in [0, 0.05) is 11.6 Å². The van der Waals surface area contributed by atoms with Gasteiger partial charge in [-0.2, -0.15) is 5.10 Å². The van der Waals surface area contributed by atoms with Crippen LogP contribution in [0, 0.1) is 20.8 Å². The van der Waals surface area contributed by atoms with E-state index in [0.717, 1.165) is 33.2 Å². The monoisotopic (exact) mass is 505 g/mol. The third-order valence-corrected chi connectivity index (χ3v) is 6.51. The van der Waals surface area contributed by atoms with Crippen molar-refractivity contribution in [2.75, 3.05) is 11.9 Å². The standard InChI is InChI=1S/C31H27N3O4/c1-19-13-21(3)25(14-20(19)2)27-17-29(34(33-27)24-11-5-4-6-12-24)32-30(36)18-38-31(37)26-15-22-9-7-8-10-23(22)16-28(26)35/h4-17,35H,18H2,1-3H3,(H,32,36). The number of ether oxygens (including phenoxy) is 1. The fourth-order valence-electron chi connectivity index (χ4n) is 4.38. The Hall–Kier alpha value is -4.91. The van der Waals surface area contributed by atoms with Gasteiger partial charge < -0.3 is 15.2 Å². The van der Waals surface area contributed by atoms with Crippen LogP contribution < -0.4 is 5.32 Å². The number of fused-ring (bicyclic) bond motifs is 1. The lowest BCUT2D eigenvalue weighted by Gasteiger charge is -2.10. The number of phenolic OH excluding ortho intramolecular Hbond substituents is 1. The number of carbonyl (C=O) groups excluding carboxylic acids is 2. The molecule has 0 aliphatic heterocycles. The van der Waals surface area contributed by atoms with Gasteiger partial charge in [-0.25, -0.2) is 9.48 Å². The summed E-state index contributed by atoms with van der Waals surface area (Å²) in [6, 6.07) is 25.9. The molecule has 38 heavy (non-hydrogen) atoms. The van der Waals surface area contributed by atoms with Gasteiger partial charge in [0.1, 0.15) is 17.1 Å². The average Bonchev–Trinajstić information content (AvgIpc) is 3.32. The molecule has 7 heteroatoms. The molecule has 0 aliphatic rings. The molecule has 0 unspecified atom stereocenters. The van der Waals surface area contributed by atoms with Crippen molar-refractivity contribution < 1.29 is 19.4 Å². The van der Waals surface area contributed by atoms with Crippen molar-refractivity contribution in [2.24, 2.45) is 0 Å². The van der Waals surface area contributed by atoms with E-state index >= 15 is 0 Å². The predicted molar refractivity (Wildman–Crippen MR) is 148 cm³/mol. The molecule has 0 fully saturated rings. The second-order valence-corrected chi connectivity index (χ2v) is 9.25. The van der Waals surface area contributed by atoms with Crippen molar-refractivity contribution in [1.29, 1.82) is 0 Å². The molecule has 5 aromatic rings. The Morgan fingerprint density at radius 2 is 1.50 bits per heavy atom. The van der Waals surface area contributed by atoms with Crippen LogP contribution in [-0.2, 0) is 9.53 Å². The van der Waals surface area contributed by atoms with Gasteiger partial charge in [-0.05, 0) is 78.6 Å². The SMILES string of the molecule is Cc1cc(C)c(-c2cc(NC(=O)COC(=O)c3cc4ccccc4cc3O)n(-c3ccccc3)n2)cc1C. The van der Waals surface area contributed by atoms with Crippen molar-refractivity contribution in [3.8, 4) is 22.7 Å². The van der Waals surface area contributed by atoms with Crippen LogP contribution >= 0.6 is 0 Å². The van der Waals surface area contributed by atoms with Gasteiger partial charge in [0.2, 0.25) is 0 Å². The van der Waals surface area contributed by atoms with Crippen LogP contribution in [0.4, 0.5) is 5.82 Å². The van der Waals surface area contributed by atoms with Gasteiger partial charge in [0.15, 0.2) is 6.61 Å². The summed E-state index contributed by atoms with van der Waals surface area (Å²) in [5, 5.41) is 19.5. The van der Waals surface area contributed by atoms with E-state index in [9.17, 15) is 14.7 Å². The number of para-hydroxylation sites is 1. The van der Waals surface area contributed by atoms with E-state index in [1.165, 1.54) is 11.6 Å². The lowest BCUT2D eigenvalue weighted by Crippen LogP contribution is -2.22. The minimum Gasteiger partial charge on any atom is -0.507 e. The first kappa shape index (κ1) is 24.8. The Morgan fingerprint density at radius 1 is 0.842 bits per heavy atom. The highest BCUT2D eigenvalue weighted by atomic mass is 16.5. The molecule has 190 valence electrons. The lowest BCUT2D eigenvalue weighted by molar-refractivity contribution is -0.119. The molecule has 1 amide bonds. The largest absolute Gasteiger partial charge is 0.507 e. The number of benzene rings is 4. The Kier molecular flexibility index (Phi) is 6.66. The van der Waals surface area contributed by atoms with Crippen molar-refractivity contribution in [3.05, 3.63) is 107 Å². The molecule has 0 aliphatic carbocycles. The van der Waals surface area contributed by atoms with Crippen LogP contribution in [0.5, 0.6) is 5.75 Å². The van der Waals surface area contributed by atoms with Crippen LogP contribution in [0.25, 0.3) is 27.7 Å². The van der Waals surface area contributed by atoms with Crippen molar-refractivity contribution in [3.63, 3.8) is 0 Å². The number of phenols is 1. The molecule has 7 nitrogen and oxygen atoms in total. The van der Waals surface area contributed by atoms with Crippen LogP contribution in [-0.4, -0.2) is 33.4 Å². The lowest BCUT2D eigenvalue weighted by atomic mass is 9.99. The number of aryl methyl sites for hydroxylation is 3. The zero-order valence-corrected chi connectivity index (χ0v) is 21.4. The number of hydrogen-bond donors (Lipinski definition) is 2. The number of hydrogen-bond acceptors (Lipinski definition) is 5. The summed E-state index contributed by atoms with van der Waals surface area (Å²) in [6.45, 7) is 5.63. The molecule has 2 N–H and O–H groups in total. The predicted octanol–water partition coefficient (Wildman–Crippen LogP) is 6.12. The van der Waals surface area contributed by atoms with E-state index in [4.69, 9.17) is 9.84 Å². The number of nitrogens with one attached hydrogen (secondary N) is 1. The average molecular weight is 506 g/mol. The van der Waals surface area contributed by atoms with E-state index in [1.807, 2.05) is 61.5 Å². The summed E-state index contributed by atoms with van der Waals surface area (Å²) in [7, 11) is 0. The molecule has 0 spiro atoms. The van der Waals surface area contributed by atoms with Crippen LogP contribution in [0.1, 0.15) is 27.0 Å². The minimum atomic E-state index is -0.786. The topological polar surface area (TPSA) is 93.5 Å². The molecular weight excluding hydrogens is 478 g/mol. The Labute approximate surface area is 220 Å². The van der Waals surface area contributed by atoms with Crippen molar-refractivity contribution in [2.45, 2.75) is 20.8 Å². The van der Waals surface area contributed by atoms with Gasteiger partial charge in [0.05, 0.1) is 11.4 Å². The number of aromatic nitrogens is 2. The van der Waals surface area contributed by atoms with E-state index in [2.05, 4.69) is 31.3 Å². The van der Waals surface area contributed by atoms with E-state index in [-0.39, 0.29) is 11.3 Å². The highest BCUT2D eigenvalue weighted by Crippen LogP contribution is 2.30. The second-order valence-electron chi connectivity index (χ2n) is 9.25. The molecule has 0 radical (unpaired) electrons. The summed E-state index contributed by atoms with van der Waals surface area (Å²) < 4.78 is 6.89. The maximum Gasteiger partial charge on any atom is 0.342 e. The van der Waals surface area contributed by atoms with E-state index in [1.54, 1.807) is 16.8 Å². The fourth-order valence-corrected chi connectivity index (χ4v) is 4.38. The first-order chi connectivity index (χ1) is 18.3. The minimum absolute atomic E-state index is 0.00155. The zero-order chi connectivity index (χ0) is 26.8. The number of amides is 1. The van der Waals surface area contributed by atoms with E-state index in [0.29, 0.717) is 11.5 Å². The van der Waals surface area contributed by atoms with Crippen molar-refractivity contribution in [1.82, 2.24) is 9.78 Å². The van der Waals surface area contributed by atoms with Crippen molar-refractivity contribution >= 4 is 28.5 Å². The number of aromatic hydroxyl groups is 1. The van der Waals surface area contributed by atoms with Crippen LogP contribution in [0.3, 0.4) is 0 Å². The third-order valence-electron chi connectivity index (χ3n) is 6.51. The summed E-state index contributed by atoms with van der Waals surface area (Å²) in [5.74, 6) is -1.08. The summed E-state index contributed by atoms with van der Waals surface area (Å²) in [4.78, 5) is 25.5. The van der Waals surface area contributed by atoms with Gasteiger partial charge >= 0.3 is 5.97 Å². The Bertz CT molecular complexity index is 1670. The molecule has 0 saturated carbocycles. The molecule has 0 bridgehead atoms. The summed E-state index contributed by atoms with van der Waals surface area (Å²) in [6.07, 6.45) is 0. The Morgan fingerprint density at radius 3 is 2.24 bits per heavy atom. The van der Waals surface area contributed by atoms with Gasteiger partial charge in [-0.1, -0.05) is 48.5 Å². The quantitative estimate of drug-likeness (QED) is 0.271. The van der Waals surface area contributed by atoms with Gasteiger partial charge in [-0.3, -0.25) is 4.79 Å². The maximum absolute atomic E-state index is 12.8. The molecule has 0 saturated heterocycles. The normalized spacial score (nSPS) is 10.9. The number of anilines is 1. The molecule has 4 aromatic carbocycles. The van der Waals surface area contributed by atoms with Crippen LogP contribution in [0.15, 0.2) is 84.9 Å². The number of rotatable bonds is 6. The third kappa shape index (κ3) is 4.99. The number of esters is 1. The van der Waals surface area contributed by atoms with E-state index < -0.39 is 18.5 Å².